The average Bonchev–Trinajstić information content (AvgIpc) is 2.75. The zero-order valence-corrected chi connectivity index (χ0v) is 17.5. The van der Waals surface area contributed by atoms with Crippen molar-refractivity contribution in [2.75, 3.05) is 10.6 Å². The molecule has 2 nitrogen and oxygen atoms in total. The van der Waals surface area contributed by atoms with Gasteiger partial charge in [-0.15, -0.1) is 0 Å². The molecule has 0 saturated heterocycles. The molecule has 28 heavy (non-hydrogen) atoms. The highest BCUT2D eigenvalue weighted by atomic mass is 15.0. The van der Waals surface area contributed by atoms with E-state index in [1.807, 2.05) is 0 Å². The lowest BCUT2D eigenvalue weighted by Crippen LogP contribution is -2.25. The summed E-state index contributed by atoms with van der Waals surface area (Å²) in [7, 11) is 0. The van der Waals surface area contributed by atoms with Crippen LogP contribution < -0.4 is 10.6 Å². The molecule has 2 heteroatoms. The first kappa shape index (κ1) is 19.4. The number of hydrogen-bond acceptors (Lipinski definition) is 2. The SMILES string of the molecule is Cc1c(NC2CCCCC2)ccc(Cc2ccccc2)c1NC1CCCCC1. The van der Waals surface area contributed by atoms with Crippen molar-refractivity contribution in [3.63, 3.8) is 0 Å². The van der Waals surface area contributed by atoms with E-state index in [2.05, 4.69) is 60.0 Å². The summed E-state index contributed by atoms with van der Waals surface area (Å²) in [5.41, 5.74) is 6.95. The third kappa shape index (κ3) is 4.90. The maximum absolute atomic E-state index is 3.98. The average molecular weight is 377 g/mol. The van der Waals surface area contributed by atoms with Crippen molar-refractivity contribution >= 4 is 11.4 Å². The number of rotatable bonds is 6. The monoisotopic (exact) mass is 376 g/mol. The van der Waals surface area contributed by atoms with E-state index in [4.69, 9.17) is 0 Å². The van der Waals surface area contributed by atoms with E-state index in [9.17, 15) is 0 Å². The van der Waals surface area contributed by atoms with Crippen molar-refractivity contribution in [3.05, 3.63) is 59.2 Å². The minimum absolute atomic E-state index is 0.631. The maximum Gasteiger partial charge on any atom is 0.0428 e. The standard InChI is InChI=1S/C26H36N2/c1-20-25(27-23-13-7-3-8-14-23)18-17-22(19-21-11-5-2-6-12-21)26(20)28-24-15-9-4-10-16-24/h2,5-6,11-12,17-18,23-24,27-28H,3-4,7-10,13-16,19H2,1H3. The first-order valence-electron chi connectivity index (χ1n) is 11.5. The molecule has 2 N–H and O–H groups in total. The van der Waals surface area contributed by atoms with Crippen LogP contribution in [-0.4, -0.2) is 12.1 Å². The second-order valence-corrected chi connectivity index (χ2v) is 8.89. The molecule has 0 aromatic heterocycles. The number of hydrogen-bond donors (Lipinski definition) is 2. The molecular weight excluding hydrogens is 340 g/mol. The maximum atomic E-state index is 3.98. The minimum atomic E-state index is 0.631. The second-order valence-electron chi connectivity index (χ2n) is 8.89. The molecule has 2 aromatic rings. The van der Waals surface area contributed by atoms with Crippen LogP contribution in [0.25, 0.3) is 0 Å². The number of nitrogens with one attached hydrogen (secondary N) is 2. The van der Waals surface area contributed by atoms with E-state index < -0.39 is 0 Å². The molecule has 0 amide bonds. The van der Waals surface area contributed by atoms with Crippen molar-refractivity contribution < 1.29 is 0 Å². The topological polar surface area (TPSA) is 24.1 Å². The highest BCUT2D eigenvalue weighted by Gasteiger charge is 2.19. The van der Waals surface area contributed by atoms with Gasteiger partial charge >= 0.3 is 0 Å². The van der Waals surface area contributed by atoms with Crippen LogP contribution in [0.3, 0.4) is 0 Å². The molecule has 0 unspecified atom stereocenters. The summed E-state index contributed by atoms with van der Waals surface area (Å²) in [6, 6.07) is 16.9. The molecule has 0 radical (unpaired) electrons. The van der Waals surface area contributed by atoms with Crippen molar-refractivity contribution in [2.24, 2.45) is 0 Å². The van der Waals surface area contributed by atoms with E-state index in [0.717, 1.165) is 6.42 Å². The molecule has 2 fully saturated rings. The van der Waals surface area contributed by atoms with Crippen molar-refractivity contribution in [1.82, 2.24) is 0 Å². The van der Waals surface area contributed by atoms with Crippen LogP contribution >= 0.6 is 0 Å². The van der Waals surface area contributed by atoms with Crippen molar-refractivity contribution in [3.8, 4) is 0 Å². The Hall–Kier alpha value is -1.96. The Bertz CT molecular complexity index is 741. The van der Waals surface area contributed by atoms with Gasteiger partial charge in [0.1, 0.15) is 0 Å². The lowest BCUT2D eigenvalue weighted by Gasteiger charge is -2.29. The number of benzene rings is 2. The summed E-state index contributed by atoms with van der Waals surface area (Å²) in [5.74, 6) is 0. The van der Waals surface area contributed by atoms with Crippen LogP contribution in [0.1, 0.15) is 80.9 Å². The fourth-order valence-corrected chi connectivity index (χ4v) is 5.01. The largest absolute Gasteiger partial charge is 0.382 e. The minimum Gasteiger partial charge on any atom is -0.382 e. The predicted molar refractivity (Wildman–Crippen MR) is 121 cm³/mol. The smallest absolute Gasteiger partial charge is 0.0428 e. The Balaban J connectivity index is 1.59. The summed E-state index contributed by atoms with van der Waals surface area (Å²) >= 11 is 0. The van der Waals surface area contributed by atoms with Crippen LogP contribution in [-0.2, 0) is 6.42 Å². The Morgan fingerprint density at radius 3 is 1.96 bits per heavy atom. The van der Waals surface area contributed by atoms with Crippen LogP contribution in [0.4, 0.5) is 11.4 Å². The molecule has 2 aliphatic carbocycles. The van der Waals surface area contributed by atoms with Gasteiger partial charge in [-0.25, -0.2) is 0 Å². The Kier molecular flexibility index (Phi) is 6.57. The fraction of sp³-hybridized carbons (Fsp3) is 0.538. The molecule has 2 aliphatic rings. The lowest BCUT2D eigenvalue weighted by atomic mass is 9.92. The zero-order chi connectivity index (χ0) is 19.2. The first-order valence-corrected chi connectivity index (χ1v) is 11.5. The van der Waals surface area contributed by atoms with E-state index in [1.165, 1.54) is 92.3 Å². The van der Waals surface area contributed by atoms with E-state index in [1.54, 1.807) is 0 Å². The molecule has 2 aromatic carbocycles. The van der Waals surface area contributed by atoms with Crippen LogP contribution in [0.15, 0.2) is 42.5 Å². The van der Waals surface area contributed by atoms with Crippen LogP contribution in [0, 0.1) is 6.92 Å². The van der Waals surface area contributed by atoms with Gasteiger partial charge in [-0.3, -0.25) is 0 Å². The van der Waals surface area contributed by atoms with Gasteiger partial charge in [0.15, 0.2) is 0 Å². The predicted octanol–water partition coefficient (Wildman–Crippen LogP) is 7.08. The molecule has 0 spiro atoms. The van der Waals surface area contributed by atoms with Crippen molar-refractivity contribution in [2.45, 2.75) is 89.6 Å². The third-order valence-electron chi connectivity index (χ3n) is 6.71. The summed E-state index contributed by atoms with van der Waals surface area (Å²) < 4.78 is 0. The lowest BCUT2D eigenvalue weighted by molar-refractivity contribution is 0.461. The third-order valence-corrected chi connectivity index (χ3v) is 6.71. The normalized spacial score (nSPS) is 18.8. The molecule has 150 valence electrons. The van der Waals surface area contributed by atoms with Gasteiger partial charge in [-0.1, -0.05) is 74.9 Å². The molecule has 2 saturated carbocycles. The summed E-state index contributed by atoms with van der Waals surface area (Å²) in [4.78, 5) is 0. The molecular formula is C26H36N2. The molecule has 0 heterocycles. The van der Waals surface area contributed by atoms with Gasteiger partial charge in [0.05, 0.1) is 0 Å². The second kappa shape index (κ2) is 9.49. The van der Waals surface area contributed by atoms with E-state index in [-0.39, 0.29) is 0 Å². The Morgan fingerprint density at radius 2 is 1.32 bits per heavy atom. The molecule has 0 bridgehead atoms. The summed E-state index contributed by atoms with van der Waals surface area (Å²) in [5, 5.41) is 7.85. The number of anilines is 2. The summed E-state index contributed by atoms with van der Waals surface area (Å²) in [6.07, 6.45) is 14.5. The Morgan fingerprint density at radius 1 is 0.714 bits per heavy atom. The van der Waals surface area contributed by atoms with Gasteiger partial charge in [-0.05, 0) is 61.8 Å². The fourth-order valence-electron chi connectivity index (χ4n) is 5.01. The first-order chi connectivity index (χ1) is 13.8. The molecule has 0 atom stereocenters. The molecule has 4 rings (SSSR count). The molecule has 0 aliphatic heterocycles. The zero-order valence-electron chi connectivity index (χ0n) is 17.5. The van der Waals surface area contributed by atoms with Gasteiger partial charge in [0.2, 0.25) is 0 Å². The van der Waals surface area contributed by atoms with Crippen LogP contribution in [0.5, 0.6) is 0 Å². The van der Waals surface area contributed by atoms with Crippen molar-refractivity contribution in [1.29, 1.82) is 0 Å². The van der Waals surface area contributed by atoms with Gasteiger partial charge < -0.3 is 10.6 Å². The van der Waals surface area contributed by atoms with Gasteiger partial charge in [0.25, 0.3) is 0 Å². The quantitative estimate of drug-likeness (QED) is 0.563. The highest BCUT2D eigenvalue weighted by molar-refractivity contribution is 5.70. The summed E-state index contributed by atoms with van der Waals surface area (Å²) in [6.45, 7) is 2.31. The Labute approximate surface area is 171 Å². The van der Waals surface area contributed by atoms with Gasteiger partial charge in [0, 0.05) is 23.5 Å². The van der Waals surface area contributed by atoms with E-state index >= 15 is 0 Å². The van der Waals surface area contributed by atoms with Crippen LogP contribution in [0.2, 0.25) is 0 Å². The van der Waals surface area contributed by atoms with E-state index in [0.29, 0.717) is 12.1 Å². The highest BCUT2D eigenvalue weighted by Crippen LogP contribution is 2.33. The van der Waals surface area contributed by atoms with Gasteiger partial charge in [-0.2, -0.15) is 0 Å².